The smallest absolute Gasteiger partial charge is 0.0815 e. The van der Waals surface area contributed by atoms with Crippen molar-refractivity contribution in [1.29, 1.82) is 0 Å². The molecule has 1 aliphatic rings. The summed E-state index contributed by atoms with van der Waals surface area (Å²) >= 11 is 0. The molecule has 72 valence electrons. The van der Waals surface area contributed by atoms with Gasteiger partial charge in [0.1, 0.15) is 0 Å². The van der Waals surface area contributed by atoms with Crippen LogP contribution in [0, 0.1) is 11.8 Å². The van der Waals surface area contributed by atoms with Crippen LogP contribution >= 0.6 is 0 Å². The molecule has 0 aromatic carbocycles. The highest BCUT2D eigenvalue weighted by atomic mass is 15.3. The second kappa shape index (κ2) is 3.78. The molecule has 0 saturated carbocycles. The standard InChI is InChI=1S/C11H24N/c1-5-12(6-2)8-7-10(3)11(4)9-12/h10-11H,5-9H2,1-4H3/q+1. The van der Waals surface area contributed by atoms with E-state index in [9.17, 15) is 0 Å². The molecular formula is C11H24N+. The van der Waals surface area contributed by atoms with Gasteiger partial charge in [0.2, 0.25) is 0 Å². The van der Waals surface area contributed by atoms with Crippen LogP contribution in [0.5, 0.6) is 0 Å². The second-order valence-electron chi connectivity index (χ2n) is 4.62. The molecule has 0 N–H and O–H groups in total. The molecule has 0 aromatic rings. The summed E-state index contributed by atoms with van der Waals surface area (Å²) in [6.07, 6.45) is 1.43. The van der Waals surface area contributed by atoms with Gasteiger partial charge in [0.25, 0.3) is 0 Å². The Balaban J connectivity index is 2.58. The third kappa shape index (κ3) is 1.82. The van der Waals surface area contributed by atoms with Gasteiger partial charge in [-0.05, 0) is 26.2 Å². The zero-order chi connectivity index (χ0) is 9.19. The third-order valence-electron chi connectivity index (χ3n) is 4.05. The lowest BCUT2D eigenvalue weighted by atomic mass is 9.87. The van der Waals surface area contributed by atoms with Crippen LogP contribution in [-0.4, -0.2) is 30.7 Å². The van der Waals surface area contributed by atoms with Gasteiger partial charge >= 0.3 is 0 Å². The minimum atomic E-state index is 0.929. The maximum Gasteiger partial charge on any atom is 0.0815 e. The summed E-state index contributed by atoms with van der Waals surface area (Å²) in [4.78, 5) is 0. The normalized spacial score (nSPS) is 35.0. The van der Waals surface area contributed by atoms with Crippen molar-refractivity contribution >= 4 is 0 Å². The number of hydrogen-bond acceptors (Lipinski definition) is 0. The van der Waals surface area contributed by atoms with Crippen LogP contribution in [0.15, 0.2) is 0 Å². The predicted molar refractivity (Wildman–Crippen MR) is 54.0 cm³/mol. The highest BCUT2D eigenvalue weighted by Gasteiger charge is 2.33. The Kier molecular flexibility index (Phi) is 3.16. The zero-order valence-electron chi connectivity index (χ0n) is 9.14. The van der Waals surface area contributed by atoms with E-state index in [0.717, 1.165) is 11.8 Å². The average Bonchev–Trinajstić information content (AvgIpc) is 2.10. The van der Waals surface area contributed by atoms with Crippen LogP contribution in [0.4, 0.5) is 0 Å². The van der Waals surface area contributed by atoms with Crippen molar-refractivity contribution in [3.8, 4) is 0 Å². The molecule has 1 heterocycles. The van der Waals surface area contributed by atoms with E-state index >= 15 is 0 Å². The highest BCUT2D eigenvalue weighted by Crippen LogP contribution is 2.27. The molecule has 0 radical (unpaired) electrons. The van der Waals surface area contributed by atoms with Gasteiger partial charge in [0.15, 0.2) is 0 Å². The summed E-state index contributed by atoms with van der Waals surface area (Å²) in [7, 11) is 0. The fourth-order valence-electron chi connectivity index (χ4n) is 2.44. The Morgan fingerprint density at radius 2 is 1.67 bits per heavy atom. The van der Waals surface area contributed by atoms with Crippen LogP contribution in [0.2, 0.25) is 0 Å². The molecule has 0 aliphatic carbocycles. The van der Waals surface area contributed by atoms with Crippen molar-refractivity contribution in [2.24, 2.45) is 11.8 Å². The lowest BCUT2D eigenvalue weighted by molar-refractivity contribution is -0.933. The first-order valence-electron chi connectivity index (χ1n) is 5.48. The Bertz CT molecular complexity index is 138. The van der Waals surface area contributed by atoms with Crippen molar-refractivity contribution in [1.82, 2.24) is 0 Å². The number of nitrogens with zero attached hydrogens (tertiary/aromatic N) is 1. The third-order valence-corrected chi connectivity index (χ3v) is 4.05. The Morgan fingerprint density at radius 3 is 2.08 bits per heavy atom. The van der Waals surface area contributed by atoms with Gasteiger partial charge in [0.05, 0.1) is 26.2 Å². The molecular weight excluding hydrogens is 146 g/mol. The molecule has 0 spiro atoms. The topological polar surface area (TPSA) is 0 Å². The lowest BCUT2D eigenvalue weighted by Crippen LogP contribution is -2.55. The predicted octanol–water partition coefficient (Wildman–Crippen LogP) is 2.52. The Labute approximate surface area is 77.4 Å². The van der Waals surface area contributed by atoms with Crippen molar-refractivity contribution in [3.63, 3.8) is 0 Å². The van der Waals surface area contributed by atoms with E-state index in [-0.39, 0.29) is 0 Å². The molecule has 1 aliphatic heterocycles. The molecule has 1 heteroatoms. The van der Waals surface area contributed by atoms with E-state index < -0.39 is 0 Å². The van der Waals surface area contributed by atoms with Gasteiger partial charge in [-0.3, -0.25) is 0 Å². The van der Waals surface area contributed by atoms with Gasteiger partial charge in [-0.2, -0.15) is 0 Å². The number of likely N-dealkylation sites (tertiary alicyclic amines) is 1. The first-order chi connectivity index (χ1) is 5.63. The maximum atomic E-state index is 2.42. The van der Waals surface area contributed by atoms with Gasteiger partial charge < -0.3 is 4.48 Å². The van der Waals surface area contributed by atoms with E-state index in [2.05, 4.69) is 27.7 Å². The van der Waals surface area contributed by atoms with E-state index in [4.69, 9.17) is 0 Å². The summed E-state index contributed by atoms with van der Waals surface area (Å²) in [5.74, 6) is 1.88. The number of hydrogen-bond donors (Lipinski definition) is 0. The van der Waals surface area contributed by atoms with E-state index in [1.165, 1.54) is 37.1 Å². The van der Waals surface area contributed by atoms with Gasteiger partial charge in [-0.25, -0.2) is 0 Å². The average molecular weight is 170 g/mol. The van der Waals surface area contributed by atoms with Crippen molar-refractivity contribution in [2.75, 3.05) is 26.2 Å². The molecule has 0 bridgehead atoms. The fraction of sp³-hybridized carbons (Fsp3) is 1.00. The van der Waals surface area contributed by atoms with Crippen LogP contribution in [0.25, 0.3) is 0 Å². The molecule has 1 saturated heterocycles. The van der Waals surface area contributed by atoms with Crippen LogP contribution < -0.4 is 0 Å². The fourth-order valence-corrected chi connectivity index (χ4v) is 2.44. The molecule has 2 atom stereocenters. The molecule has 1 fully saturated rings. The van der Waals surface area contributed by atoms with Crippen LogP contribution in [0.3, 0.4) is 0 Å². The van der Waals surface area contributed by atoms with Crippen LogP contribution in [0.1, 0.15) is 34.1 Å². The number of quaternary nitrogens is 1. The molecule has 0 amide bonds. The quantitative estimate of drug-likeness (QED) is 0.559. The lowest BCUT2D eigenvalue weighted by Gasteiger charge is -2.44. The molecule has 0 aromatic heterocycles. The monoisotopic (exact) mass is 170 g/mol. The summed E-state index contributed by atoms with van der Waals surface area (Å²) in [5.41, 5.74) is 0. The minimum absolute atomic E-state index is 0.929. The molecule has 1 rings (SSSR count). The van der Waals surface area contributed by atoms with Crippen LogP contribution in [-0.2, 0) is 0 Å². The van der Waals surface area contributed by atoms with Crippen molar-refractivity contribution in [2.45, 2.75) is 34.1 Å². The molecule has 1 nitrogen and oxygen atoms in total. The van der Waals surface area contributed by atoms with Gasteiger partial charge in [-0.1, -0.05) is 13.8 Å². The Morgan fingerprint density at radius 1 is 1.08 bits per heavy atom. The first-order valence-corrected chi connectivity index (χ1v) is 5.48. The maximum absolute atomic E-state index is 2.42. The van der Waals surface area contributed by atoms with E-state index in [0.29, 0.717) is 0 Å². The Hall–Kier alpha value is -0.0400. The SMILES string of the molecule is CC[N+]1(CC)CCC(C)C(C)C1. The number of piperidine rings is 1. The molecule has 2 unspecified atom stereocenters. The van der Waals surface area contributed by atoms with Crippen molar-refractivity contribution < 1.29 is 4.48 Å². The molecule has 12 heavy (non-hydrogen) atoms. The van der Waals surface area contributed by atoms with Crippen molar-refractivity contribution in [3.05, 3.63) is 0 Å². The second-order valence-corrected chi connectivity index (χ2v) is 4.62. The zero-order valence-corrected chi connectivity index (χ0v) is 9.14. The summed E-state index contributed by atoms with van der Waals surface area (Å²) in [5, 5.41) is 0. The van der Waals surface area contributed by atoms with Gasteiger partial charge in [0, 0.05) is 5.92 Å². The summed E-state index contributed by atoms with van der Waals surface area (Å²) < 4.78 is 1.37. The minimum Gasteiger partial charge on any atom is -0.324 e. The summed E-state index contributed by atoms with van der Waals surface area (Å²) in [6, 6.07) is 0. The van der Waals surface area contributed by atoms with E-state index in [1.807, 2.05) is 0 Å². The highest BCUT2D eigenvalue weighted by molar-refractivity contribution is 4.67. The number of rotatable bonds is 2. The van der Waals surface area contributed by atoms with Gasteiger partial charge in [-0.15, -0.1) is 0 Å². The summed E-state index contributed by atoms with van der Waals surface area (Å²) in [6.45, 7) is 15.0. The van der Waals surface area contributed by atoms with E-state index in [1.54, 1.807) is 0 Å². The first kappa shape index (κ1) is 10.0. The largest absolute Gasteiger partial charge is 0.324 e.